The van der Waals surface area contributed by atoms with Crippen LogP contribution in [0, 0.1) is 6.92 Å². The molecule has 1 N–H and O–H groups in total. The smallest absolute Gasteiger partial charge is 0.266 e. The first-order valence-electron chi connectivity index (χ1n) is 7.04. The molecule has 0 saturated carbocycles. The molecule has 1 saturated heterocycles. The van der Waals surface area contributed by atoms with Gasteiger partial charge in [0.1, 0.15) is 17.1 Å². The topological polar surface area (TPSA) is 62.6 Å². The monoisotopic (exact) mass is 326 g/mol. The summed E-state index contributed by atoms with van der Waals surface area (Å²) in [5.41, 5.74) is 0.927. The lowest BCUT2D eigenvalue weighted by Gasteiger charge is -2.28. The van der Waals surface area contributed by atoms with E-state index in [-0.39, 0.29) is 10.7 Å². The van der Waals surface area contributed by atoms with Crippen LogP contribution in [0.15, 0.2) is 52.5 Å². The van der Waals surface area contributed by atoms with Gasteiger partial charge in [0.2, 0.25) is 0 Å². The molecule has 23 heavy (non-hydrogen) atoms. The summed E-state index contributed by atoms with van der Waals surface area (Å²) < 4.78 is 5.40. The van der Waals surface area contributed by atoms with Crippen LogP contribution in [0.4, 0.5) is 0 Å². The largest absolute Gasteiger partial charge is 0.462 e. The molecule has 1 aliphatic rings. The number of aryl methyl sites for hydroxylation is 1. The van der Waals surface area contributed by atoms with Gasteiger partial charge in [0.05, 0.1) is 6.54 Å². The number of hydrogen-bond acceptors (Lipinski definition) is 4. The normalized spacial score (nSPS) is 16.8. The van der Waals surface area contributed by atoms with Gasteiger partial charge in [-0.3, -0.25) is 19.8 Å². The SMILES string of the molecule is Cc1ccc(/C=C2\C(=O)NC(=S)N(Cc3ccccc3)C2=O)o1. The van der Waals surface area contributed by atoms with Crippen molar-refractivity contribution < 1.29 is 14.0 Å². The Bertz CT molecular complexity index is 808. The van der Waals surface area contributed by atoms with Crippen molar-refractivity contribution in [3.63, 3.8) is 0 Å². The van der Waals surface area contributed by atoms with Gasteiger partial charge >= 0.3 is 0 Å². The molecule has 0 aliphatic carbocycles. The van der Waals surface area contributed by atoms with E-state index >= 15 is 0 Å². The van der Waals surface area contributed by atoms with Crippen molar-refractivity contribution in [2.24, 2.45) is 0 Å². The molecule has 2 heterocycles. The van der Waals surface area contributed by atoms with Crippen LogP contribution in [0.3, 0.4) is 0 Å². The van der Waals surface area contributed by atoms with E-state index in [1.807, 2.05) is 30.3 Å². The summed E-state index contributed by atoms with van der Waals surface area (Å²) in [5, 5.41) is 2.65. The van der Waals surface area contributed by atoms with Crippen LogP contribution >= 0.6 is 12.2 Å². The fourth-order valence-electron chi connectivity index (χ4n) is 2.28. The average Bonchev–Trinajstić information content (AvgIpc) is 2.94. The minimum absolute atomic E-state index is 0.00359. The highest BCUT2D eigenvalue weighted by Crippen LogP contribution is 2.18. The highest BCUT2D eigenvalue weighted by molar-refractivity contribution is 7.80. The third-order valence-corrected chi connectivity index (χ3v) is 3.74. The Morgan fingerprint density at radius 3 is 2.57 bits per heavy atom. The molecule has 116 valence electrons. The molecule has 2 amide bonds. The summed E-state index contributed by atoms with van der Waals surface area (Å²) in [7, 11) is 0. The maximum atomic E-state index is 12.6. The van der Waals surface area contributed by atoms with Gasteiger partial charge in [0, 0.05) is 0 Å². The number of benzene rings is 1. The summed E-state index contributed by atoms with van der Waals surface area (Å²) in [5.74, 6) is 0.209. The van der Waals surface area contributed by atoms with Crippen LogP contribution in [-0.4, -0.2) is 21.8 Å². The predicted octanol–water partition coefficient (Wildman–Crippen LogP) is 2.41. The number of carbonyl (C=O) groups excluding carboxylic acids is 2. The first kappa shape index (κ1) is 15.2. The van der Waals surface area contributed by atoms with Crippen molar-refractivity contribution in [3.8, 4) is 0 Å². The molecule has 0 bridgehead atoms. The highest BCUT2D eigenvalue weighted by atomic mass is 32.1. The molecule has 1 aromatic carbocycles. The molecule has 1 aliphatic heterocycles. The molecule has 6 heteroatoms. The van der Waals surface area contributed by atoms with Gasteiger partial charge in [-0.2, -0.15) is 0 Å². The number of nitrogens with one attached hydrogen (secondary N) is 1. The molecular formula is C17H14N2O3S. The average molecular weight is 326 g/mol. The van der Waals surface area contributed by atoms with Gasteiger partial charge in [0.15, 0.2) is 5.11 Å². The van der Waals surface area contributed by atoms with Crippen molar-refractivity contribution in [1.82, 2.24) is 10.2 Å². The minimum Gasteiger partial charge on any atom is -0.462 e. The van der Waals surface area contributed by atoms with Gasteiger partial charge in [-0.1, -0.05) is 30.3 Å². The van der Waals surface area contributed by atoms with Gasteiger partial charge in [0.25, 0.3) is 11.8 Å². The quantitative estimate of drug-likeness (QED) is 0.534. The molecule has 2 aromatic rings. The van der Waals surface area contributed by atoms with Crippen molar-refractivity contribution in [2.75, 3.05) is 0 Å². The Balaban J connectivity index is 1.89. The van der Waals surface area contributed by atoms with E-state index in [1.54, 1.807) is 19.1 Å². The maximum absolute atomic E-state index is 12.6. The second-order valence-electron chi connectivity index (χ2n) is 5.14. The summed E-state index contributed by atoms with van der Waals surface area (Å²) in [6, 6.07) is 12.9. The number of carbonyl (C=O) groups is 2. The highest BCUT2D eigenvalue weighted by Gasteiger charge is 2.33. The number of thiocarbonyl (C=S) groups is 1. The summed E-state index contributed by atoms with van der Waals surface area (Å²) >= 11 is 5.12. The zero-order chi connectivity index (χ0) is 16.4. The fourth-order valence-corrected chi connectivity index (χ4v) is 2.52. The van der Waals surface area contributed by atoms with Gasteiger partial charge in [-0.05, 0) is 42.9 Å². The van der Waals surface area contributed by atoms with Crippen molar-refractivity contribution in [2.45, 2.75) is 13.5 Å². The molecular weight excluding hydrogens is 312 g/mol. The third kappa shape index (κ3) is 3.22. The van der Waals surface area contributed by atoms with Gasteiger partial charge in [-0.25, -0.2) is 0 Å². The summed E-state index contributed by atoms with van der Waals surface area (Å²) in [6.45, 7) is 2.09. The number of nitrogens with zero attached hydrogens (tertiary/aromatic N) is 1. The van der Waals surface area contributed by atoms with Crippen molar-refractivity contribution in [3.05, 3.63) is 65.1 Å². The van der Waals surface area contributed by atoms with Crippen LogP contribution in [0.1, 0.15) is 17.1 Å². The lowest BCUT2D eigenvalue weighted by Crippen LogP contribution is -2.53. The van der Waals surface area contributed by atoms with E-state index < -0.39 is 11.8 Å². The van der Waals surface area contributed by atoms with E-state index in [2.05, 4.69) is 5.32 Å². The van der Waals surface area contributed by atoms with E-state index in [9.17, 15) is 9.59 Å². The molecule has 0 unspecified atom stereocenters. The van der Waals surface area contributed by atoms with Crippen LogP contribution in [0.5, 0.6) is 0 Å². The number of hydrogen-bond donors (Lipinski definition) is 1. The fraction of sp³-hybridized carbons (Fsp3) is 0.118. The second kappa shape index (κ2) is 6.18. The van der Waals surface area contributed by atoms with Crippen molar-refractivity contribution in [1.29, 1.82) is 0 Å². The zero-order valence-corrected chi connectivity index (χ0v) is 13.2. The first-order valence-corrected chi connectivity index (χ1v) is 7.44. The molecule has 3 rings (SSSR count). The molecule has 0 radical (unpaired) electrons. The van der Waals surface area contributed by atoms with E-state index in [0.29, 0.717) is 18.1 Å². The Morgan fingerprint density at radius 1 is 1.17 bits per heavy atom. The lowest BCUT2D eigenvalue weighted by molar-refractivity contribution is -0.129. The molecule has 5 nitrogen and oxygen atoms in total. The van der Waals surface area contributed by atoms with Crippen LogP contribution in [0.25, 0.3) is 6.08 Å². The van der Waals surface area contributed by atoms with Gasteiger partial charge < -0.3 is 4.42 Å². The molecule has 0 atom stereocenters. The van der Waals surface area contributed by atoms with Crippen LogP contribution in [-0.2, 0) is 16.1 Å². The lowest BCUT2D eigenvalue weighted by atomic mass is 10.1. The standard InChI is InChI=1S/C17H14N2O3S/c1-11-7-8-13(22-11)9-14-15(20)18-17(23)19(16(14)21)10-12-5-3-2-4-6-12/h2-9H,10H2,1H3,(H,18,20,23)/b14-9+. The van der Waals surface area contributed by atoms with E-state index in [4.69, 9.17) is 16.6 Å². The molecule has 0 spiro atoms. The third-order valence-electron chi connectivity index (χ3n) is 3.42. The molecule has 1 aromatic heterocycles. The first-order chi connectivity index (χ1) is 11.0. The Hall–Kier alpha value is -2.73. The van der Waals surface area contributed by atoms with E-state index in [1.165, 1.54) is 11.0 Å². The zero-order valence-electron chi connectivity index (χ0n) is 12.4. The van der Waals surface area contributed by atoms with Crippen molar-refractivity contribution >= 4 is 35.2 Å². The second-order valence-corrected chi connectivity index (χ2v) is 5.53. The predicted molar refractivity (Wildman–Crippen MR) is 89.2 cm³/mol. The van der Waals surface area contributed by atoms with E-state index in [0.717, 1.165) is 5.56 Å². The number of amides is 2. The maximum Gasteiger partial charge on any atom is 0.266 e. The Labute approximate surface area is 138 Å². The Kier molecular flexibility index (Phi) is 4.08. The summed E-state index contributed by atoms with van der Waals surface area (Å²) in [6.07, 6.45) is 1.43. The van der Waals surface area contributed by atoms with Crippen LogP contribution < -0.4 is 5.32 Å². The summed E-state index contributed by atoms with van der Waals surface area (Å²) in [4.78, 5) is 26.1. The Morgan fingerprint density at radius 2 is 1.91 bits per heavy atom. The number of rotatable bonds is 3. The molecule has 1 fully saturated rings. The van der Waals surface area contributed by atoms with Crippen LogP contribution in [0.2, 0.25) is 0 Å². The number of furan rings is 1. The van der Waals surface area contributed by atoms with Gasteiger partial charge in [-0.15, -0.1) is 0 Å². The minimum atomic E-state index is -0.515.